The lowest BCUT2D eigenvalue weighted by atomic mass is 10.1. The second-order valence-corrected chi connectivity index (χ2v) is 5.07. The predicted octanol–water partition coefficient (Wildman–Crippen LogP) is -0.0866. The van der Waals surface area contributed by atoms with Crippen LogP contribution in [0.4, 0.5) is 0 Å². The molecule has 0 aliphatic carbocycles. The number of hydrogen-bond donors (Lipinski definition) is 3. The number of methoxy groups -OCH3 is 3. The van der Waals surface area contributed by atoms with E-state index in [2.05, 4.69) is 5.32 Å². The van der Waals surface area contributed by atoms with E-state index in [1.807, 2.05) is 4.90 Å². The smallest absolute Gasteiger partial charge is 0.414 e. The molecule has 1 heterocycles. The number of carbonyl (C=O) groups is 3. The van der Waals surface area contributed by atoms with Crippen LogP contribution >= 0.6 is 0 Å². The molecule has 0 aromatic heterocycles. The lowest BCUT2D eigenvalue weighted by Gasteiger charge is -2.27. The molecule has 1 aliphatic rings. The number of piperazine rings is 1. The van der Waals surface area contributed by atoms with Crippen LogP contribution in [0.5, 0.6) is 17.2 Å². The number of benzene rings is 1. The molecule has 10 nitrogen and oxygen atoms in total. The molecular formula is C16H22N2O8. The summed E-state index contributed by atoms with van der Waals surface area (Å²) < 4.78 is 15.8. The zero-order valence-electron chi connectivity index (χ0n) is 14.8. The Balaban J connectivity index is 0.000000487. The fraction of sp³-hybridized carbons (Fsp3) is 0.438. The van der Waals surface area contributed by atoms with Crippen molar-refractivity contribution in [1.29, 1.82) is 0 Å². The van der Waals surface area contributed by atoms with Gasteiger partial charge in [-0.05, 0) is 12.1 Å². The molecule has 0 spiro atoms. The van der Waals surface area contributed by atoms with Crippen LogP contribution in [0.1, 0.15) is 10.4 Å². The van der Waals surface area contributed by atoms with Crippen LogP contribution in [0.15, 0.2) is 12.1 Å². The van der Waals surface area contributed by atoms with E-state index in [1.165, 1.54) is 21.3 Å². The molecule has 1 aromatic rings. The molecule has 1 aromatic carbocycles. The summed E-state index contributed by atoms with van der Waals surface area (Å²) in [6, 6.07) is 3.37. The number of nitrogens with one attached hydrogen (secondary N) is 1. The number of rotatable bonds is 4. The van der Waals surface area contributed by atoms with Crippen LogP contribution in [0.2, 0.25) is 0 Å². The van der Waals surface area contributed by atoms with Crippen molar-refractivity contribution in [3.05, 3.63) is 17.7 Å². The SMILES string of the molecule is COc1cc(C(=O)N2CCNCC2)cc(OC)c1OC.O=C(O)C(=O)O. The van der Waals surface area contributed by atoms with E-state index in [0.29, 0.717) is 35.9 Å². The van der Waals surface area contributed by atoms with Gasteiger partial charge in [-0.3, -0.25) is 4.79 Å². The Labute approximate surface area is 150 Å². The van der Waals surface area contributed by atoms with Crippen LogP contribution in [0.3, 0.4) is 0 Å². The van der Waals surface area contributed by atoms with Gasteiger partial charge in [0.25, 0.3) is 5.91 Å². The fourth-order valence-electron chi connectivity index (χ4n) is 2.26. The van der Waals surface area contributed by atoms with Crippen LogP contribution in [-0.4, -0.2) is 80.5 Å². The van der Waals surface area contributed by atoms with E-state index < -0.39 is 11.9 Å². The van der Waals surface area contributed by atoms with E-state index in [4.69, 9.17) is 34.0 Å². The summed E-state index contributed by atoms with van der Waals surface area (Å²) in [4.78, 5) is 32.5. The minimum atomic E-state index is -1.82. The van der Waals surface area contributed by atoms with Crippen molar-refractivity contribution >= 4 is 17.8 Å². The highest BCUT2D eigenvalue weighted by molar-refractivity contribution is 6.27. The van der Waals surface area contributed by atoms with Crippen molar-refractivity contribution in [2.24, 2.45) is 0 Å². The lowest BCUT2D eigenvalue weighted by Crippen LogP contribution is -2.46. The Kier molecular flexibility index (Phi) is 8.16. The van der Waals surface area contributed by atoms with Crippen molar-refractivity contribution in [3.8, 4) is 17.2 Å². The average molecular weight is 370 g/mol. The molecule has 1 fully saturated rings. The standard InChI is InChI=1S/C14H20N2O4.C2H2O4/c1-18-11-8-10(9-12(19-2)13(11)20-3)14(17)16-6-4-15-5-7-16;3-1(4)2(5)6/h8-9,15H,4-7H2,1-3H3;(H,3,4)(H,5,6). The Morgan fingerprint density at radius 3 is 1.73 bits per heavy atom. The summed E-state index contributed by atoms with van der Waals surface area (Å²) >= 11 is 0. The van der Waals surface area contributed by atoms with Gasteiger partial charge >= 0.3 is 11.9 Å². The molecular weight excluding hydrogens is 348 g/mol. The molecule has 1 amide bonds. The van der Waals surface area contributed by atoms with Gasteiger partial charge in [-0.25, -0.2) is 9.59 Å². The van der Waals surface area contributed by atoms with Crippen molar-refractivity contribution in [1.82, 2.24) is 10.2 Å². The molecule has 26 heavy (non-hydrogen) atoms. The normalized spacial score (nSPS) is 13.1. The Morgan fingerprint density at radius 1 is 0.923 bits per heavy atom. The number of carbonyl (C=O) groups excluding carboxylic acids is 1. The number of aliphatic carboxylic acids is 2. The summed E-state index contributed by atoms with van der Waals surface area (Å²) in [6.07, 6.45) is 0. The molecule has 1 saturated heterocycles. The maximum atomic E-state index is 12.5. The number of nitrogens with zero attached hydrogens (tertiary/aromatic N) is 1. The molecule has 144 valence electrons. The van der Waals surface area contributed by atoms with Crippen molar-refractivity contribution in [3.63, 3.8) is 0 Å². The molecule has 2 rings (SSSR count). The topological polar surface area (TPSA) is 135 Å². The molecule has 3 N–H and O–H groups in total. The number of amides is 1. The van der Waals surface area contributed by atoms with E-state index in [9.17, 15) is 4.79 Å². The largest absolute Gasteiger partial charge is 0.493 e. The van der Waals surface area contributed by atoms with E-state index >= 15 is 0 Å². The van der Waals surface area contributed by atoms with Gasteiger partial charge in [-0.1, -0.05) is 0 Å². The second kappa shape index (κ2) is 10.1. The van der Waals surface area contributed by atoms with Crippen LogP contribution < -0.4 is 19.5 Å². The van der Waals surface area contributed by atoms with Gasteiger partial charge in [0.05, 0.1) is 21.3 Å². The average Bonchev–Trinajstić information content (AvgIpc) is 2.67. The molecule has 0 saturated carbocycles. The Morgan fingerprint density at radius 2 is 1.38 bits per heavy atom. The molecule has 1 aliphatic heterocycles. The van der Waals surface area contributed by atoms with Crippen LogP contribution in [0, 0.1) is 0 Å². The second-order valence-electron chi connectivity index (χ2n) is 5.07. The fourth-order valence-corrected chi connectivity index (χ4v) is 2.26. The third-order valence-electron chi connectivity index (χ3n) is 3.50. The van der Waals surface area contributed by atoms with Crippen molar-refractivity contribution in [2.75, 3.05) is 47.5 Å². The predicted molar refractivity (Wildman–Crippen MR) is 90.1 cm³/mol. The Hall–Kier alpha value is -3.01. The maximum absolute atomic E-state index is 12.5. The van der Waals surface area contributed by atoms with Gasteiger partial charge in [-0.15, -0.1) is 0 Å². The monoisotopic (exact) mass is 370 g/mol. The van der Waals surface area contributed by atoms with Crippen LogP contribution in [-0.2, 0) is 9.59 Å². The van der Waals surface area contributed by atoms with Gasteiger partial charge < -0.3 is 34.6 Å². The number of carboxylic acids is 2. The van der Waals surface area contributed by atoms with Gasteiger partial charge in [-0.2, -0.15) is 0 Å². The summed E-state index contributed by atoms with van der Waals surface area (Å²) in [5, 5.41) is 18.0. The molecule has 0 bridgehead atoms. The first-order valence-corrected chi connectivity index (χ1v) is 7.61. The zero-order chi connectivity index (χ0) is 19.7. The Bertz CT molecular complexity index is 619. The van der Waals surface area contributed by atoms with Gasteiger partial charge in [0.15, 0.2) is 11.5 Å². The van der Waals surface area contributed by atoms with Crippen molar-refractivity contribution < 1.29 is 38.8 Å². The van der Waals surface area contributed by atoms with E-state index in [-0.39, 0.29) is 5.91 Å². The molecule has 0 unspecified atom stereocenters. The van der Waals surface area contributed by atoms with Gasteiger partial charge in [0.2, 0.25) is 5.75 Å². The van der Waals surface area contributed by atoms with E-state index in [1.54, 1.807) is 12.1 Å². The minimum Gasteiger partial charge on any atom is -0.493 e. The summed E-state index contributed by atoms with van der Waals surface area (Å²) in [5.74, 6) is -2.20. The van der Waals surface area contributed by atoms with Gasteiger partial charge in [0, 0.05) is 31.7 Å². The molecule has 0 radical (unpaired) electrons. The summed E-state index contributed by atoms with van der Waals surface area (Å²) in [7, 11) is 4.62. The number of carboxylic acid groups (broad SMARTS) is 2. The zero-order valence-corrected chi connectivity index (χ0v) is 14.8. The quantitative estimate of drug-likeness (QED) is 0.622. The highest BCUT2D eigenvalue weighted by atomic mass is 16.5. The maximum Gasteiger partial charge on any atom is 0.414 e. The first-order valence-electron chi connectivity index (χ1n) is 7.61. The third kappa shape index (κ3) is 5.52. The van der Waals surface area contributed by atoms with Crippen LogP contribution in [0.25, 0.3) is 0 Å². The minimum absolute atomic E-state index is 0.0225. The number of ether oxygens (including phenoxy) is 3. The summed E-state index contributed by atoms with van der Waals surface area (Å²) in [6.45, 7) is 3.04. The lowest BCUT2D eigenvalue weighted by molar-refractivity contribution is -0.159. The number of hydrogen-bond acceptors (Lipinski definition) is 7. The van der Waals surface area contributed by atoms with E-state index in [0.717, 1.165) is 13.1 Å². The first-order chi connectivity index (χ1) is 12.3. The highest BCUT2D eigenvalue weighted by Gasteiger charge is 2.22. The third-order valence-corrected chi connectivity index (χ3v) is 3.50. The van der Waals surface area contributed by atoms with Gasteiger partial charge in [0.1, 0.15) is 0 Å². The van der Waals surface area contributed by atoms with Crippen molar-refractivity contribution in [2.45, 2.75) is 0 Å². The summed E-state index contributed by atoms with van der Waals surface area (Å²) in [5.41, 5.74) is 0.543. The molecule has 10 heteroatoms. The molecule has 0 atom stereocenters. The highest BCUT2D eigenvalue weighted by Crippen LogP contribution is 2.38. The first kappa shape index (κ1) is 21.0.